The van der Waals surface area contributed by atoms with Crippen LogP contribution in [-0.4, -0.2) is 28.5 Å². The monoisotopic (exact) mass is 464 g/mol. The van der Waals surface area contributed by atoms with Crippen LogP contribution in [0.2, 0.25) is 0 Å². The first kappa shape index (κ1) is 23.6. The molecule has 6 heteroatoms. The SMILES string of the molecule is COc1cccc(C2(CNS(=O)O)CCC(NCc3ccc(-c4ccccc4)cc3)CC2)c1. The van der Waals surface area contributed by atoms with E-state index in [0.29, 0.717) is 12.6 Å². The summed E-state index contributed by atoms with van der Waals surface area (Å²) in [5, 5.41) is 3.72. The summed E-state index contributed by atoms with van der Waals surface area (Å²) in [5.74, 6) is 0.816. The second-order valence-corrected chi connectivity index (χ2v) is 9.59. The quantitative estimate of drug-likeness (QED) is 0.387. The lowest BCUT2D eigenvalue weighted by molar-refractivity contribution is 0.245. The van der Waals surface area contributed by atoms with Crippen LogP contribution in [0.3, 0.4) is 0 Å². The maximum atomic E-state index is 11.3. The Balaban J connectivity index is 1.37. The molecule has 3 aromatic carbocycles. The maximum Gasteiger partial charge on any atom is 0.231 e. The summed E-state index contributed by atoms with van der Waals surface area (Å²) in [5.41, 5.74) is 4.72. The third-order valence-corrected chi connectivity index (χ3v) is 7.21. The molecule has 1 unspecified atom stereocenters. The van der Waals surface area contributed by atoms with Crippen molar-refractivity contribution in [1.82, 2.24) is 10.0 Å². The number of hydrogen-bond acceptors (Lipinski definition) is 3. The fourth-order valence-electron chi connectivity index (χ4n) is 4.80. The molecule has 0 heterocycles. The Hall–Kier alpha value is -2.51. The highest BCUT2D eigenvalue weighted by atomic mass is 32.2. The van der Waals surface area contributed by atoms with Gasteiger partial charge >= 0.3 is 0 Å². The van der Waals surface area contributed by atoms with E-state index in [-0.39, 0.29) is 5.41 Å². The van der Waals surface area contributed by atoms with Gasteiger partial charge < -0.3 is 10.1 Å². The first-order chi connectivity index (χ1) is 16.1. The van der Waals surface area contributed by atoms with Crippen molar-refractivity contribution >= 4 is 11.3 Å². The molecule has 0 radical (unpaired) electrons. The molecule has 0 saturated heterocycles. The van der Waals surface area contributed by atoms with Crippen LogP contribution in [0.5, 0.6) is 5.75 Å². The van der Waals surface area contributed by atoms with E-state index in [1.165, 1.54) is 16.7 Å². The smallest absolute Gasteiger partial charge is 0.231 e. The molecule has 0 spiro atoms. The zero-order valence-electron chi connectivity index (χ0n) is 19.0. The second-order valence-electron chi connectivity index (χ2n) is 8.80. The van der Waals surface area contributed by atoms with Crippen LogP contribution in [0.25, 0.3) is 11.1 Å². The van der Waals surface area contributed by atoms with Crippen LogP contribution < -0.4 is 14.8 Å². The van der Waals surface area contributed by atoms with Gasteiger partial charge in [0.15, 0.2) is 0 Å². The summed E-state index contributed by atoms with van der Waals surface area (Å²) >= 11 is -2.02. The number of methoxy groups -OCH3 is 1. The van der Waals surface area contributed by atoms with Crippen molar-refractivity contribution in [2.24, 2.45) is 0 Å². The second kappa shape index (κ2) is 11.1. The minimum absolute atomic E-state index is 0.178. The van der Waals surface area contributed by atoms with Crippen molar-refractivity contribution in [3.63, 3.8) is 0 Å². The highest BCUT2D eigenvalue weighted by Gasteiger charge is 2.37. The van der Waals surface area contributed by atoms with Gasteiger partial charge in [0.1, 0.15) is 5.75 Å². The molecule has 1 atom stereocenters. The molecule has 0 amide bonds. The molecule has 1 aliphatic rings. The highest BCUT2D eigenvalue weighted by Crippen LogP contribution is 2.40. The van der Waals surface area contributed by atoms with Gasteiger partial charge in [-0.1, -0.05) is 66.7 Å². The van der Waals surface area contributed by atoms with E-state index in [9.17, 15) is 8.76 Å². The van der Waals surface area contributed by atoms with Gasteiger partial charge in [0.2, 0.25) is 11.3 Å². The van der Waals surface area contributed by atoms with Crippen LogP contribution in [0.4, 0.5) is 0 Å². The Morgan fingerprint density at radius 2 is 1.67 bits per heavy atom. The van der Waals surface area contributed by atoms with Crippen LogP contribution in [0.1, 0.15) is 36.8 Å². The van der Waals surface area contributed by atoms with E-state index in [4.69, 9.17) is 4.74 Å². The zero-order valence-corrected chi connectivity index (χ0v) is 19.8. The average molecular weight is 465 g/mol. The number of rotatable bonds is 9. The third kappa shape index (κ3) is 6.09. The Kier molecular flexibility index (Phi) is 7.93. The number of benzene rings is 3. The number of nitrogens with one attached hydrogen (secondary N) is 2. The maximum absolute atomic E-state index is 11.3. The summed E-state index contributed by atoms with van der Waals surface area (Å²) < 4.78 is 28.8. The van der Waals surface area contributed by atoms with Crippen molar-refractivity contribution in [3.8, 4) is 16.9 Å². The molecule has 0 bridgehead atoms. The Morgan fingerprint density at radius 3 is 2.33 bits per heavy atom. The molecule has 0 aromatic heterocycles. The normalized spacial score (nSPS) is 21.5. The summed E-state index contributed by atoms with van der Waals surface area (Å²) in [6, 6.07) is 27.7. The molecule has 4 rings (SSSR count). The van der Waals surface area contributed by atoms with E-state index >= 15 is 0 Å². The van der Waals surface area contributed by atoms with E-state index in [0.717, 1.165) is 43.5 Å². The van der Waals surface area contributed by atoms with E-state index in [1.807, 2.05) is 18.2 Å². The van der Waals surface area contributed by atoms with E-state index in [1.54, 1.807) is 7.11 Å². The number of ether oxygens (including phenoxy) is 1. The summed E-state index contributed by atoms with van der Waals surface area (Å²) in [6.07, 6.45) is 3.90. The molecule has 1 aliphatic carbocycles. The van der Waals surface area contributed by atoms with Gasteiger partial charge in [-0.2, -0.15) is 0 Å². The van der Waals surface area contributed by atoms with Gasteiger partial charge in [0, 0.05) is 24.5 Å². The van der Waals surface area contributed by atoms with Crippen LogP contribution in [-0.2, 0) is 23.2 Å². The fraction of sp³-hybridized carbons (Fsp3) is 0.333. The lowest BCUT2D eigenvalue weighted by Gasteiger charge is -2.41. The molecule has 33 heavy (non-hydrogen) atoms. The van der Waals surface area contributed by atoms with Crippen molar-refractivity contribution in [3.05, 3.63) is 90.0 Å². The summed E-state index contributed by atoms with van der Waals surface area (Å²) in [4.78, 5) is 0. The minimum atomic E-state index is -2.02. The van der Waals surface area contributed by atoms with Gasteiger partial charge in [-0.05, 0) is 60.1 Å². The molecule has 3 aromatic rings. The van der Waals surface area contributed by atoms with Gasteiger partial charge in [0.25, 0.3) is 0 Å². The molecular weight excluding hydrogens is 432 g/mol. The van der Waals surface area contributed by atoms with E-state index < -0.39 is 11.3 Å². The Labute approximate surface area is 199 Å². The summed E-state index contributed by atoms with van der Waals surface area (Å²) in [7, 11) is 1.67. The molecule has 0 aliphatic heterocycles. The largest absolute Gasteiger partial charge is 0.497 e. The topological polar surface area (TPSA) is 70.6 Å². The van der Waals surface area contributed by atoms with Crippen molar-refractivity contribution in [2.75, 3.05) is 13.7 Å². The van der Waals surface area contributed by atoms with Gasteiger partial charge in [0.05, 0.1) is 7.11 Å². The standard InChI is InChI=1S/C27H32N2O3S/c1-32-26-9-5-8-24(18-26)27(20-29-33(30)31)16-14-25(15-17-27)28-19-21-10-12-23(13-11-21)22-6-3-2-4-7-22/h2-13,18,25,28-29H,14-17,19-20H2,1H3,(H,30,31). The molecule has 3 N–H and O–H groups in total. The number of hydrogen-bond donors (Lipinski definition) is 3. The van der Waals surface area contributed by atoms with Gasteiger partial charge in [-0.3, -0.25) is 4.55 Å². The fourth-order valence-corrected chi connectivity index (χ4v) is 5.20. The van der Waals surface area contributed by atoms with Crippen molar-refractivity contribution in [2.45, 2.75) is 43.7 Å². The first-order valence-electron chi connectivity index (χ1n) is 11.4. The lowest BCUT2D eigenvalue weighted by atomic mass is 9.68. The minimum Gasteiger partial charge on any atom is -0.497 e. The molecule has 1 fully saturated rings. The third-order valence-electron chi connectivity index (χ3n) is 6.81. The van der Waals surface area contributed by atoms with Gasteiger partial charge in [-0.25, -0.2) is 8.93 Å². The highest BCUT2D eigenvalue weighted by molar-refractivity contribution is 7.77. The first-order valence-corrected chi connectivity index (χ1v) is 12.6. The predicted octanol–water partition coefficient (Wildman–Crippen LogP) is 5.06. The lowest BCUT2D eigenvalue weighted by Crippen LogP contribution is -2.45. The zero-order chi connectivity index (χ0) is 23.1. The molecule has 5 nitrogen and oxygen atoms in total. The molecular formula is C27H32N2O3S. The van der Waals surface area contributed by atoms with Crippen LogP contribution in [0, 0.1) is 0 Å². The molecule has 1 saturated carbocycles. The van der Waals surface area contributed by atoms with Crippen LogP contribution in [0.15, 0.2) is 78.9 Å². The predicted molar refractivity (Wildman–Crippen MR) is 134 cm³/mol. The Bertz CT molecular complexity index is 1050. The van der Waals surface area contributed by atoms with Crippen molar-refractivity contribution < 1.29 is 13.5 Å². The summed E-state index contributed by atoms with van der Waals surface area (Å²) in [6.45, 7) is 1.31. The Morgan fingerprint density at radius 1 is 0.970 bits per heavy atom. The molecule has 174 valence electrons. The van der Waals surface area contributed by atoms with Crippen molar-refractivity contribution in [1.29, 1.82) is 0 Å². The van der Waals surface area contributed by atoms with Crippen LogP contribution >= 0.6 is 0 Å². The van der Waals surface area contributed by atoms with E-state index in [2.05, 4.69) is 70.7 Å². The van der Waals surface area contributed by atoms with Gasteiger partial charge in [-0.15, -0.1) is 0 Å². The average Bonchev–Trinajstić information content (AvgIpc) is 2.88.